The number of thiocarbonyl (C=S) groups is 1. The highest BCUT2D eigenvalue weighted by atomic mass is 32.2. The molecule has 1 N–H and O–H groups in total. The molecule has 9 heteroatoms. The van der Waals surface area contributed by atoms with Crippen LogP contribution in [0, 0.1) is 0 Å². The molecule has 1 aromatic heterocycles. The summed E-state index contributed by atoms with van der Waals surface area (Å²) in [7, 11) is 0. The number of nitrogens with zero attached hydrogens (tertiary/aromatic N) is 2. The molecule has 2 saturated heterocycles. The summed E-state index contributed by atoms with van der Waals surface area (Å²) in [5, 5.41) is 4.89. The average Bonchev–Trinajstić information content (AvgIpc) is 3.27. The van der Waals surface area contributed by atoms with Gasteiger partial charge in [-0.2, -0.15) is 0 Å². The third kappa shape index (κ3) is 6.11. The van der Waals surface area contributed by atoms with Gasteiger partial charge < -0.3 is 10.1 Å². The Morgan fingerprint density at radius 2 is 2.15 bits per heavy atom. The Morgan fingerprint density at radius 1 is 1.33 bits per heavy atom. The smallest absolute Gasteiger partial charge is 0.266 e. The van der Waals surface area contributed by atoms with Crippen molar-refractivity contribution >= 4 is 57.5 Å². The maximum atomic E-state index is 12.5. The molecule has 2 fully saturated rings. The quantitative estimate of drug-likeness (QED) is 0.391. The first-order chi connectivity index (χ1) is 13.1. The van der Waals surface area contributed by atoms with Gasteiger partial charge in [-0.1, -0.05) is 30.0 Å². The van der Waals surface area contributed by atoms with Gasteiger partial charge >= 0.3 is 0 Å². The molecule has 2 aliphatic heterocycles. The summed E-state index contributed by atoms with van der Waals surface area (Å²) in [6, 6.07) is 3.90. The van der Waals surface area contributed by atoms with Crippen LogP contribution in [-0.2, 0) is 14.3 Å². The summed E-state index contributed by atoms with van der Waals surface area (Å²) in [6.45, 7) is 5.43. The second kappa shape index (κ2) is 10.3. The molecule has 6 nitrogen and oxygen atoms in total. The van der Waals surface area contributed by atoms with Crippen molar-refractivity contribution in [2.45, 2.75) is 12.8 Å². The summed E-state index contributed by atoms with van der Waals surface area (Å²) >= 11 is 8.18. The van der Waals surface area contributed by atoms with Crippen LogP contribution in [0.1, 0.15) is 17.7 Å². The van der Waals surface area contributed by atoms with E-state index in [1.54, 1.807) is 11.3 Å². The maximum Gasteiger partial charge on any atom is 0.266 e. The second-order valence-electron chi connectivity index (χ2n) is 6.26. The molecule has 2 aliphatic rings. The van der Waals surface area contributed by atoms with E-state index in [1.165, 1.54) is 16.7 Å². The molecule has 0 aliphatic carbocycles. The van der Waals surface area contributed by atoms with Crippen LogP contribution in [0.25, 0.3) is 6.08 Å². The van der Waals surface area contributed by atoms with Crippen LogP contribution >= 0.6 is 35.3 Å². The van der Waals surface area contributed by atoms with Gasteiger partial charge in [0.1, 0.15) is 4.32 Å². The van der Waals surface area contributed by atoms with Crippen LogP contribution < -0.4 is 5.32 Å². The van der Waals surface area contributed by atoms with Crippen molar-refractivity contribution in [3.05, 3.63) is 27.3 Å². The van der Waals surface area contributed by atoms with Crippen LogP contribution in [0.5, 0.6) is 0 Å². The fourth-order valence-electron chi connectivity index (χ4n) is 2.85. The van der Waals surface area contributed by atoms with E-state index >= 15 is 0 Å². The molecule has 0 unspecified atom stereocenters. The van der Waals surface area contributed by atoms with Crippen molar-refractivity contribution in [3.63, 3.8) is 0 Å². The lowest BCUT2D eigenvalue weighted by atomic mass is 10.3. The number of rotatable bonds is 8. The minimum Gasteiger partial charge on any atom is -0.379 e. The molecule has 1 aromatic rings. The third-order valence-corrected chi connectivity index (χ3v) is 6.53. The normalized spacial score (nSPS) is 19.9. The number of amides is 2. The van der Waals surface area contributed by atoms with Crippen molar-refractivity contribution in [2.24, 2.45) is 0 Å². The molecule has 0 atom stereocenters. The zero-order chi connectivity index (χ0) is 19.1. The van der Waals surface area contributed by atoms with Gasteiger partial charge in [-0.3, -0.25) is 19.4 Å². The first-order valence-electron chi connectivity index (χ1n) is 8.99. The van der Waals surface area contributed by atoms with Gasteiger partial charge in [0.25, 0.3) is 5.91 Å². The first-order valence-corrected chi connectivity index (χ1v) is 11.1. The zero-order valence-electron chi connectivity index (χ0n) is 15.0. The monoisotopic (exact) mass is 425 g/mol. The molecule has 3 rings (SSSR count). The lowest BCUT2D eigenvalue weighted by molar-refractivity contribution is -0.123. The Bertz CT molecular complexity index is 700. The summed E-state index contributed by atoms with van der Waals surface area (Å²) in [4.78, 5) is 30.1. The molecular weight excluding hydrogens is 402 g/mol. The highest BCUT2D eigenvalue weighted by molar-refractivity contribution is 8.26. The van der Waals surface area contributed by atoms with Crippen LogP contribution in [0.3, 0.4) is 0 Å². The van der Waals surface area contributed by atoms with Crippen LogP contribution in [-0.4, -0.2) is 71.9 Å². The van der Waals surface area contributed by atoms with Crippen LogP contribution in [0.4, 0.5) is 0 Å². The van der Waals surface area contributed by atoms with Gasteiger partial charge in [0.2, 0.25) is 5.91 Å². The number of carbonyl (C=O) groups is 2. The van der Waals surface area contributed by atoms with E-state index in [2.05, 4.69) is 10.2 Å². The van der Waals surface area contributed by atoms with Gasteiger partial charge in [-0.15, -0.1) is 11.3 Å². The predicted octanol–water partition coefficient (Wildman–Crippen LogP) is 2.18. The van der Waals surface area contributed by atoms with Crippen molar-refractivity contribution in [2.75, 3.05) is 45.9 Å². The van der Waals surface area contributed by atoms with E-state index in [0.717, 1.165) is 44.1 Å². The molecule has 0 bridgehead atoms. The predicted molar refractivity (Wildman–Crippen MR) is 114 cm³/mol. The number of thiophene rings is 1. The van der Waals surface area contributed by atoms with Gasteiger partial charge in [0.05, 0.1) is 18.1 Å². The first kappa shape index (κ1) is 20.5. The maximum absolute atomic E-state index is 12.5. The third-order valence-electron chi connectivity index (χ3n) is 4.33. The molecule has 0 radical (unpaired) electrons. The summed E-state index contributed by atoms with van der Waals surface area (Å²) in [6.07, 6.45) is 3.03. The Morgan fingerprint density at radius 3 is 2.89 bits per heavy atom. The van der Waals surface area contributed by atoms with Gasteiger partial charge in [0.15, 0.2) is 0 Å². The minimum atomic E-state index is -0.112. The fourth-order valence-corrected chi connectivity index (χ4v) is 4.88. The Hall–Kier alpha value is -1.26. The molecule has 0 saturated carbocycles. The number of carbonyl (C=O) groups excluding carboxylic acids is 2. The number of nitrogens with one attached hydrogen (secondary N) is 1. The number of thioether (sulfide) groups is 1. The number of ether oxygens (including phenoxy) is 1. The number of morpholine rings is 1. The van der Waals surface area contributed by atoms with Crippen molar-refractivity contribution < 1.29 is 14.3 Å². The topological polar surface area (TPSA) is 61.9 Å². The van der Waals surface area contributed by atoms with E-state index in [0.29, 0.717) is 22.3 Å². The lowest BCUT2D eigenvalue weighted by Crippen LogP contribution is -2.38. The summed E-state index contributed by atoms with van der Waals surface area (Å²) in [5.74, 6) is -0.160. The van der Waals surface area contributed by atoms with E-state index in [9.17, 15) is 9.59 Å². The number of hydrogen-bond donors (Lipinski definition) is 1. The van der Waals surface area contributed by atoms with Gasteiger partial charge in [0, 0.05) is 37.5 Å². The average molecular weight is 426 g/mol. The van der Waals surface area contributed by atoms with Crippen molar-refractivity contribution in [3.8, 4) is 0 Å². The molecular formula is C18H23N3O3S3. The fraction of sp³-hybridized carbons (Fsp3) is 0.500. The van der Waals surface area contributed by atoms with Gasteiger partial charge in [-0.05, 0) is 30.5 Å². The van der Waals surface area contributed by atoms with Crippen molar-refractivity contribution in [1.29, 1.82) is 0 Å². The van der Waals surface area contributed by atoms with E-state index in [4.69, 9.17) is 17.0 Å². The summed E-state index contributed by atoms with van der Waals surface area (Å²) in [5.41, 5.74) is 0. The van der Waals surface area contributed by atoms with E-state index in [-0.39, 0.29) is 18.2 Å². The summed E-state index contributed by atoms with van der Waals surface area (Å²) < 4.78 is 5.84. The molecule has 3 heterocycles. The molecule has 146 valence electrons. The van der Waals surface area contributed by atoms with E-state index in [1.807, 2.05) is 23.6 Å². The Balaban J connectivity index is 1.37. The largest absolute Gasteiger partial charge is 0.379 e. The number of hydrogen-bond acceptors (Lipinski definition) is 7. The minimum absolute atomic E-state index is 0.0479. The molecule has 27 heavy (non-hydrogen) atoms. The van der Waals surface area contributed by atoms with Crippen LogP contribution in [0.2, 0.25) is 0 Å². The standard InChI is InChI=1S/C18H23N3O3S3/c22-16(19-5-2-6-20-8-10-24-11-9-20)4-7-21-17(23)15(27-18(21)25)13-14-3-1-12-26-14/h1,3,12-13H,2,4-11H2,(H,19,22). The van der Waals surface area contributed by atoms with Crippen LogP contribution in [0.15, 0.2) is 22.4 Å². The molecule has 2 amide bonds. The Kier molecular flexibility index (Phi) is 7.83. The Labute approximate surface area is 172 Å². The lowest BCUT2D eigenvalue weighted by Gasteiger charge is -2.26. The van der Waals surface area contributed by atoms with Crippen molar-refractivity contribution in [1.82, 2.24) is 15.1 Å². The molecule has 0 spiro atoms. The highest BCUT2D eigenvalue weighted by Crippen LogP contribution is 2.33. The second-order valence-corrected chi connectivity index (χ2v) is 8.91. The highest BCUT2D eigenvalue weighted by Gasteiger charge is 2.32. The molecule has 0 aromatic carbocycles. The SMILES string of the molecule is O=C(CCN1C(=O)C(=Cc2cccs2)SC1=S)NCCCN1CCOCC1. The van der Waals surface area contributed by atoms with E-state index < -0.39 is 0 Å². The van der Waals surface area contributed by atoms with Gasteiger partial charge in [-0.25, -0.2) is 0 Å². The zero-order valence-corrected chi connectivity index (χ0v) is 17.5.